The molecule has 66 valence electrons. The van der Waals surface area contributed by atoms with Crippen molar-refractivity contribution in [3.05, 3.63) is 11.6 Å². The van der Waals surface area contributed by atoms with Crippen molar-refractivity contribution in [2.75, 3.05) is 0 Å². The van der Waals surface area contributed by atoms with Gasteiger partial charge in [-0.15, -0.1) is 0 Å². The predicted octanol–water partition coefficient (Wildman–Crippen LogP) is 3.35. The molecule has 0 spiro atoms. The van der Waals surface area contributed by atoms with Crippen LogP contribution in [0.3, 0.4) is 0 Å². The maximum atomic E-state index is 9.86. The molecular formula is C10H20O. The fraction of sp³-hybridized carbons (Fsp3) is 0.700. The van der Waals surface area contributed by atoms with Crippen LogP contribution in [-0.4, -0.2) is 6.29 Å². The van der Waals surface area contributed by atoms with Gasteiger partial charge in [0.15, 0.2) is 0 Å². The van der Waals surface area contributed by atoms with Crippen molar-refractivity contribution < 1.29 is 4.79 Å². The normalized spacial score (nSPS) is 10.0. The third kappa shape index (κ3) is 12.6. The number of hydrogen-bond donors (Lipinski definition) is 0. The van der Waals surface area contributed by atoms with Crippen LogP contribution in [0.5, 0.6) is 0 Å². The SMILES string of the molecule is C/C=C(/C)CCCC=O.CC. The molecule has 0 aromatic rings. The zero-order valence-corrected chi connectivity index (χ0v) is 8.18. The molecule has 1 nitrogen and oxygen atoms in total. The summed E-state index contributed by atoms with van der Waals surface area (Å²) in [5.41, 5.74) is 1.37. The largest absolute Gasteiger partial charge is 0.303 e. The van der Waals surface area contributed by atoms with Gasteiger partial charge in [-0.2, -0.15) is 0 Å². The van der Waals surface area contributed by atoms with E-state index in [4.69, 9.17) is 0 Å². The molecule has 0 aromatic heterocycles. The second kappa shape index (κ2) is 12.1. The Labute approximate surface area is 70.5 Å². The van der Waals surface area contributed by atoms with E-state index in [1.165, 1.54) is 5.57 Å². The van der Waals surface area contributed by atoms with Crippen LogP contribution in [0.15, 0.2) is 11.6 Å². The topological polar surface area (TPSA) is 17.1 Å². The lowest BCUT2D eigenvalue weighted by molar-refractivity contribution is -0.107. The van der Waals surface area contributed by atoms with E-state index in [1.54, 1.807) is 0 Å². The number of aldehydes is 1. The van der Waals surface area contributed by atoms with Gasteiger partial charge in [0.25, 0.3) is 0 Å². The number of unbranched alkanes of at least 4 members (excludes halogenated alkanes) is 1. The second-order valence-corrected chi connectivity index (χ2v) is 2.19. The average Bonchev–Trinajstić information content (AvgIpc) is 2.08. The van der Waals surface area contributed by atoms with Crippen LogP contribution in [0.1, 0.15) is 47.0 Å². The smallest absolute Gasteiger partial charge is 0.120 e. The first kappa shape index (κ1) is 13.0. The van der Waals surface area contributed by atoms with Crippen LogP contribution in [0.25, 0.3) is 0 Å². The van der Waals surface area contributed by atoms with E-state index >= 15 is 0 Å². The molecule has 0 heterocycles. The molecule has 0 aliphatic rings. The van der Waals surface area contributed by atoms with Crippen molar-refractivity contribution in [2.45, 2.75) is 47.0 Å². The van der Waals surface area contributed by atoms with Gasteiger partial charge in [-0.05, 0) is 26.7 Å². The Balaban J connectivity index is 0. The van der Waals surface area contributed by atoms with Gasteiger partial charge in [0.05, 0.1) is 0 Å². The van der Waals surface area contributed by atoms with Gasteiger partial charge in [0.1, 0.15) is 6.29 Å². The molecule has 0 aromatic carbocycles. The van der Waals surface area contributed by atoms with Crippen LogP contribution in [0, 0.1) is 0 Å². The predicted molar refractivity (Wildman–Crippen MR) is 50.7 cm³/mol. The van der Waals surface area contributed by atoms with Crippen LogP contribution >= 0.6 is 0 Å². The highest BCUT2D eigenvalue weighted by atomic mass is 16.1. The summed E-state index contributed by atoms with van der Waals surface area (Å²) in [4.78, 5) is 9.86. The fourth-order valence-corrected chi connectivity index (χ4v) is 0.609. The standard InChI is InChI=1S/C8H14O.C2H6/c1-3-8(2)6-4-5-7-9;1-2/h3,7H,4-6H2,1-2H3;1-2H3/b8-3-;. The number of allylic oxidation sites excluding steroid dienone is 2. The summed E-state index contributed by atoms with van der Waals surface area (Å²) in [6.45, 7) is 8.11. The molecule has 0 N–H and O–H groups in total. The van der Waals surface area contributed by atoms with Gasteiger partial charge < -0.3 is 4.79 Å². The van der Waals surface area contributed by atoms with Crippen LogP contribution < -0.4 is 0 Å². The molecule has 1 heteroatoms. The van der Waals surface area contributed by atoms with E-state index in [0.29, 0.717) is 6.42 Å². The number of rotatable bonds is 4. The summed E-state index contributed by atoms with van der Waals surface area (Å²) < 4.78 is 0. The summed E-state index contributed by atoms with van der Waals surface area (Å²) in [6.07, 6.45) is 5.83. The first-order valence-electron chi connectivity index (χ1n) is 4.36. The Morgan fingerprint density at radius 1 is 1.36 bits per heavy atom. The Morgan fingerprint density at radius 2 is 1.91 bits per heavy atom. The maximum absolute atomic E-state index is 9.86. The summed E-state index contributed by atoms with van der Waals surface area (Å²) >= 11 is 0. The zero-order valence-electron chi connectivity index (χ0n) is 8.18. The number of carbonyl (C=O) groups is 1. The van der Waals surface area contributed by atoms with Crippen molar-refractivity contribution in [1.29, 1.82) is 0 Å². The first-order valence-corrected chi connectivity index (χ1v) is 4.36. The van der Waals surface area contributed by atoms with E-state index < -0.39 is 0 Å². The lowest BCUT2D eigenvalue weighted by Gasteiger charge is -1.94. The van der Waals surface area contributed by atoms with Gasteiger partial charge in [0.2, 0.25) is 0 Å². The minimum Gasteiger partial charge on any atom is -0.303 e. The van der Waals surface area contributed by atoms with Crippen molar-refractivity contribution >= 4 is 6.29 Å². The number of hydrogen-bond acceptors (Lipinski definition) is 1. The molecule has 11 heavy (non-hydrogen) atoms. The highest BCUT2D eigenvalue weighted by Gasteiger charge is 1.86. The molecule has 0 saturated carbocycles. The monoisotopic (exact) mass is 156 g/mol. The van der Waals surface area contributed by atoms with Crippen LogP contribution in [0.4, 0.5) is 0 Å². The fourth-order valence-electron chi connectivity index (χ4n) is 0.609. The Kier molecular flexibility index (Phi) is 14.4. The minimum atomic E-state index is 0.700. The van der Waals surface area contributed by atoms with Gasteiger partial charge in [-0.25, -0.2) is 0 Å². The summed E-state index contributed by atoms with van der Waals surface area (Å²) in [7, 11) is 0. The molecule has 0 aliphatic carbocycles. The second-order valence-electron chi connectivity index (χ2n) is 2.19. The van der Waals surface area contributed by atoms with Crippen molar-refractivity contribution in [1.82, 2.24) is 0 Å². The average molecular weight is 156 g/mol. The molecule has 0 atom stereocenters. The van der Waals surface area contributed by atoms with Gasteiger partial charge in [-0.1, -0.05) is 25.5 Å². The third-order valence-corrected chi connectivity index (χ3v) is 1.39. The Hall–Kier alpha value is -0.590. The van der Waals surface area contributed by atoms with Crippen molar-refractivity contribution in [2.24, 2.45) is 0 Å². The number of carbonyl (C=O) groups excluding carboxylic acids is 1. The van der Waals surface area contributed by atoms with Crippen LogP contribution in [-0.2, 0) is 4.79 Å². The van der Waals surface area contributed by atoms with E-state index in [2.05, 4.69) is 13.0 Å². The Bertz CT molecular complexity index is 103. The third-order valence-electron chi connectivity index (χ3n) is 1.39. The molecule has 0 aliphatic heterocycles. The quantitative estimate of drug-likeness (QED) is 0.346. The minimum absolute atomic E-state index is 0.700. The highest BCUT2D eigenvalue weighted by Crippen LogP contribution is 2.03. The van der Waals surface area contributed by atoms with E-state index in [9.17, 15) is 4.79 Å². The highest BCUT2D eigenvalue weighted by molar-refractivity contribution is 5.49. The lowest BCUT2D eigenvalue weighted by atomic mass is 10.1. The van der Waals surface area contributed by atoms with Gasteiger partial charge in [0, 0.05) is 6.42 Å². The molecule has 0 rings (SSSR count). The Morgan fingerprint density at radius 3 is 2.27 bits per heavy atom. The van der Waals surface area contributed by atoms with Gasteiger partial charge >= 0.3 is 0 Å². The maximum Gasteiger partial charge on any atom is 0.120 e. The van der Waals surface area contributed by atoms with E-state index in [0.717, 1.165) is 19.1 Å². The molecule has 0 radical (unpaired) electrons. The molecule has 0 amide bonds. The van der Waals surface area contributed by atoms with Crippen LogP contribution in [0.2, 0.25) is 0 Å². The molecule has 0 bridgehead atoms. The first-order chi connectivity index (χ1) is 5.31. The summed E-state index contributed by atoms with van der Waals surface area (Å²) in [5.74, 6) is 0. The molecule has 0 saturated heterocycles. The van der Waals surface area contributed by atoms with Crippen molar-refractivity contribution in [3.8, 4) is 0 Å². The van der Waals surface area contributed by atoms with Gasteiger partial charge in [-0.3, -0.25) is 0 Å². The summed E-state index contributed by atoms with van der Waals surface area (Å²) in [5, 5.41) is 0. The van der Waals surface area contributed by atoms with Crippen molar-refractivity contribution in [3.63, 3.8) is 0 Å². The molecule has 0 fully saturated rings. The zero-order chi connectivity index (χ0) is 9.11. The molecule has 0 unspecified atom stereocenters. The van der Waals surface area contributed by atoms with E-state index in [1.807, 2.05) is 20.8 Å². The lowest BCUT2D eigenvalue weighted by Crippen LogP contribution is -1.78. The van der Waals surface area contributed by atoms with E-state index in [-0.39, 0.29) is 0 Å². The molecular weight excluding hydrogens is 136 g/mol. The summed E-state index contributed by atoms with van der Waals surface area (Å²) in [6, 6.07) is 0.